The van der Waals surface area contributed by atoms with Gasteiger partial charge in [-0.3, -0.25) is 14.4 Å². The Hall–Kier alpha value is -9.91. The summed E-state index contributed by atoms with van der Waals surface area (Å²) in [5.41, 5.74) is 17.3. The SMILES string of the molecule is CC(O)c1cccc(Cc2cccc(-c3ccc(C(=O)CCc4cccc5ccccc45)s3)c2)c1.COc1ccc(Cc2cccc(-c3ccc(C(=O)C[C@H](C)c4ccccc4)s3)c2)cc1OCCC(C)C.Cc1cccc(CCC(=O)c2ccc(-c3cccc(Cc4cccc(C(C)O)c4)c3)s2)c1. The molecule has 0 bridgehead atoms. The molecule has 3 aromatic heterocycles. The highest BCUT2D eigenvalue weighted by Crippen LogP contribution is 2.36. The van der Waals surface area contributed by atoms with Crippen molar-refractivity contribution in [1.82, 2.24) is 0 Å². The first-order chi connectivity index (χ1) is 50.5. The van der Waals surface area contributed by atoms with Crippen molar-refractivity contribution in [2.75, 3.05) is 13.7 Å². The fraction of sp³-hybridized carbons (Fsp3) is 0.223. The van der Waals surface area contributed by atoms with E-state index in [1.807, 2.05) is 78.9 Å². The van der Waals surface area contributed by atoms with Gasteiger partial charge in [0.1, 0.15) is 0 Å². The summed E-state index contributed by atoms with van der Waals surface area (Å²) in [6, 6.07) is 93.3. The molecule has 0 amide bonds. The third-order valence-corrected chi connectivity index (χ3v) is 22.2. The van der Waals surface area contributed by atoms with E-state index in [1.54, 1.807) is 55.0 Å². The Morgan fingerprint density at radius 2 is 0.837 bits per heavy atom. The normalized spacial score (nSPS) is 12.0. The molecule has 10 heteroatoms. The molecular formula is C94H92O7S3. The first kappa shape index (κ1) is 75.3. The van der Waals surface area contributed by atoms with Gasteiger partial charge in [0.25, 0.3) is 0 Å². The largest absolute Gasteiger partial charge is 0.493 e. The molecule has 13 aromatic rings. The van der Waals surface area contributed by atoms with Gasteiger partial charge in [0.15, 0.2) is 28.8 Å². The number of hydrogen-bond donors (Lipinski definition) is 2. The molecule has 104 heavy (non-hydrogen) atoms. The van der Waals surface area contributed by atoms with Crippen molar-refractivity contribution in [2.24, 2.45) is 5.92 Å². The summed E-state index contributed by atoms with van der Waals surface area (Å²) in [7, 11) is 1.68. The minimum atomic E-state index is -0.469. The van der Waals surface area contributed by atoms with Gasteiger partial charge in [-0.25, -0.2) is 0 Å². The van der Waals surface area contributed by atoms with Crippen molar-refractivity contribution < 1.29 is 34.1 Å². The van der Waals surface area contributed by atoms with Gasteiger partial charge in [-0.2, -0.15) is 0 Å². The van der Waals surface area contributed by atoms with Crippen LogP contribution in [0.3, 0.4) is 0 Å². The Labute approximate surface area is 626 Å². The van der Waals surface area contributed by atoms with Crippen LogP contribution in [0, 0.1) is 12.8 Å². The number of fused-ring (bicyclic) bond motifs is 1. The van der Waals surface area contributed by atoms with Crippen molar-refractivity contribution in [2.45, 2.75) is 117 Å². The van der Waals surface area contributed by atoms with Gasteiger partial charge in [-0.05, 0) is 208 Å². The van der Waals surface area contributed by atoms with Crippen LogP contribution in [0.25, 0.3) is 42.1 Å². The molecule has 0 spiro atoms. The first-order valence-electron chi connectivity index (χ1n) is 36.0. The van der Waals surface area contributed by atoms with Crippen LogP contribution in [0.2, 0.25) is 0 Å². The summed E-state index contributed by atoms with van der Waals surface area (Å²) in [4.78, 5) is 44.5. The molecule has 3 heterocycles. The standard InChI is InChI=1S/C33H36O3S.C32H28O2S.C29H28O2S/c1-23(2)17-18-36-31-22-26(13-14-30(31)35-4)20-25-9-8-12-28(21-25)32-15-16-33(37-32)29(34)19-24(3)27-10-6-5-7-11-27;1-22(33)27-12-4-7-23(20-27)19-24-8-5-13-28(21-24)31-17-18-32(35-31)30(34)16-15-26-11-6-10-25-9-2-3-14-29(25)26;1-20-6-3-7-22(16-20)12-13-27(31)29-15-14-28(32-29)26-11-5-9-24(19-26)17-23-8-4-10-25(18-23)21(2)30/h5-16,21-24H,17-20H2,1-4H3;2-14,17-18,20-22,33H,15-16,19H2,1H3;3-11,14-16,18-19,21,30H,12-13,17H2,1-2H3/t24-;;/m0../s1. The fourth-order valence-corrected chi connectivity index (χ4v) is 15.7. The monoisotopic (exact) mass is 1430 g/mol. The molecule has 0 aliphatic rings. The van der Waals surface area contributed by atoms with Gasteiger partial charge < -0.3 is 19.7 Å². The quantitative estimate of drug-likeness (QED) is 0.0470. The smallest absolute Gasteiger partial charge is 0.173 e. The minimum Gasteiger partial charge on any atom is -0.493 e. The number of hydrogen-bond acceptors (Lipinski definition) is 10. The third kappa shape index (κ3) is 21.4. The molecule has 0 saturated carbocycles. The van der Waals surface area contributed by atoms with Crippen molar-refractivity contribution in [3.8, 4) is 42.8 Å². The lowest BCUT2D eigenvalue weighted by atomic mass is 9.95. The number of benzene rings is 10. The summed E-state index contributed by atoms with van der Waals surface area (Å²) >= 11 is 4.72. The highest BCUT2D eigenvalue weighted by atomic mass is 32.1. The van der Waals surface area contributed by atoms with Gasteiger partial charge in [0, 0.05) is 33.9 Å². The topological polar surface area (TPSA) is 110 Å². The molecule has 0 aliphatic carbocycles. The van der Waals surface area contributed by atoms with E-state index >= 15 is 0 Å². The van der Waals surface area contributed by atoms with E-state index in [9.17, 15) is 24.6 Å². The van der Waals surface area contributed by atoms with Gasteiger partial charge in [-0.1, -0.05) is 251 Å². The second kappa shape index (κ2) is 37.0. The van der Waals surface area contributed by atoms with Crippen LogP contribution in [-0.4, -0.2) is 41.3 Å². The number of rotatable bonds is 28. The van der Waals surface area contributed by atoms with Gasteiger partial charge in [-0.15, -0.1) is 34.0 Å². The number of ketones is 3. The lowest BCUT2D eigenvalue weighted by Crippen LogP contribution is -2.03. The summed E-state index contributed by atoms with van der Waals surface area (Å²) in [6.45, 7) is 12.8. The number of aliphatic hydroxyl groups is 2. The molecule has 3 atom stereocenters. The summed E-state index contributed by atoms with van der Waals surface area (Å²) < 4.78 is 11.5. The lowest BCUT2D eigenvalue weighted by molar-refractivity contribution is 0.0973. The van der Waals surface area contributed by atoms with Crippen LogP contribution in [-0.2, 0) is 32.1 Å². The maximum Gasteiger partial charge on any atom is 0.173 e. The average Bonchev–Trinajstić information content (AvgIpc) is 1.42. The fourth-order valence-electron chi connectivity index (χ4n) is 12.8. The molecule has 0 saturated heterocycles. The highest BCUT2D eigenvalue weighted by Gasteiger charge is 2.19. The molecule has 0 radical (unpaired) electrons. The zero-order chi connectivity index (χ0) is 72.9. The van der Waals surface area contributed by atoms with Crippen molar-refractivity contribution in [3.05, 3.63) is 354 Å². The maximum atomic E-state index is 13.0. The van der Waals surface area contributed by atoms with Crippen LogP contribution in [0.1, 0.15) is 174 Å². The zero-order valence-corrected chi connectivity index (χ0v) is 63.0. The second-order valence-corrected chi connectivity index (χ2v) is 30.6. The number of aliphatic hydroxyl groups excluding tert-OH is 2. The lowest BCUT2D eigenvalue weighted by Gasteiger charge is -2.13. The van der Waals surface area contributed by atoms with Gasteiger partial charge in [0.2, 0.25) is 0 Å². The highest BCUT2D eigenvalue weighted by molar-refractivity contribution is 7.18. The zero-order valence-electron chi connectivity index (χ0n) is 60.5. The van der Waals surface area contributed by atoms with Crippen LogP contribution in [0.15, 0.2) is 273 Å². The molecule has 0 fully saturated rings. The minimum absolute atomic E-state index is 0.195. The molecule has 2 N–H and O–H groups in total. The van der Waals surface area contributed by atoms with Crippen LogP contribution in [0.5, 0.6) is 11.5 Å². The van der Waals surface area contributed by atoms with E-state index < -0.39 is 12.2 Å². The Balaban J connectivity index is 0.000000157. The number of methoxy groups -OCH3 is 1. The van der Waals surface area contributed by atoms with Crippen molar-refractivity contribution in [1.29, 1.82) is 0 Å². The Kier molecular flexibility index (Phi) is 26.8. The molecule has 7 nitrogen and oxygen atoms in total. The summed E-state index contributed by atoms with van der Waals surface area (Å²) in [6.07, 6.45) is 5.55. The van der Waals surface area contributed by atoms with Crippen molar-refractivity contribution in [3.63, 3.8) is 0 Å². The molecular weight excluding hydrogens is 1340 g/mol. The van der Waals surface area contributed by atoms with E-state index in [4.69, 9.17) is 9.47 Å². The predicted octanol–water partition coefficient (Wildman–Crippen LogP) is 24.0. The van der Waals surface area contributed by atoms with Crippen LogP contribution >= 0.6 is 34.0 Å². The van der Waals surface area contributed by atoms with Crippen molar-refractivity contribution >= 4 is 62.1 Å². The van der Waals surface area contributed by atoms with Crippen LogP contribution in [0.4, 0.5) is 0 Å². The van der Waals surface area contributed by atoms with E-state index in [1.165, 1.54) is 66.4 Å². The Morgan fingerprint density at radius 3 is 1.36 bits per heavy atom. The molecule has 0 aliphatic heterocycles. The predicted molar refractivity (Wildman–Crippen MR) is 434 cm³/mol. The van der Waals surface area contributed by atoms with E-state index in [0.717, 1.165) is 107 Å². The van der Waals surface area contributed by atoms with Gasteiger partial charge in [0.05, 0.1) is 40.6 Å². The Bertz CT molecular complexity index is 4990. The molecule has 528 valence electrons. The molecule has 10 aromatic carbocycles. The number of ether oxygens (including phenoxy) is 2. The van der Waals surface area contributed by atoms with E-state index in [-0.39, 0.29) is 23.3 Å². The maximum absolute atomic E-state index is 13.0. The number of Topliss-reactive ketones (excluding diaryl/α,β-unsaturated/α-hetero) is 3. The number of aryl methyl sites for hydroxylation is 3. The number of carbonyl (C=O) groups excluding carboxylic acids is 3. The summed E-state index contributed by atoms with van der Waals surface area (Å²) in [5.74, 6) is 2.95. The molecule has 13 rings (SSSR count). The second-order valence-electron chi connectivity index (χ2n) is 27.4. The third-order valence-electron chi connectivity index (χ3n) is 18.6. The molecule has 2 unspecified atom stereocenters. The Morgan fingerprint density at radius 1 is 0.394 bits per heavy atom. The number of carbonyl (C=O) groups is 3. The van der Waals surface area contributed by atoms with E-state index in [2.05, 4.69) is 222 Å². The van der Waals surface area contributed by atoms with E-state index in [0.29, 0.717) is 31.8 Å². The average molecular weight is 1430 g/mol. The summed E-state index contributed by atoms with van der Waals surface area (Å²) in [5, 5.41) is 22.2. The first-order valence-corrected chi connectivity index (χ1v) is 38.5. The number of thiophene rings is 3. The van der Waals surface area contributed by atoms with Gasteiger partial charge >= 0.3 is 0 Å². The van der Waals surface area contributed by atoms with Crippen LogP contribution < -0.4 is 9.47 Å².